The van der Waals surface area contributed by atoms with Gasteiger partial charge in [-0.15, -0.1) is 0 Å². The minimum Gasteiger partial charge on any atom is -0.429 e. The largest absolute Gasteiger partial charge is 0.514 e. The van der Waals surface area contributed by atoms with E-state index in [2.05, 4.69) is 14.9 Å². The molecule has 5 rings (SSSR count). The molecule has 0 aliphatic carbocycles. The standard InChI is InChI=1S/C19H14N2O5S2.C12H11NOS2.CH2I.CH3.2V/c22-19(26-16-8-6-15(7-9-16)21(23)24)25-13-14-4-10-17(11-5-14)27-28-18-3-1-2-12-20-18;14-9-10-4-6-11(7-5-10)15-16-12-3-1-2-8-13-12;1-2;;;/h1-12H,13H2;1-8,14H,9H2;1H2;1H3;;/q;;2*-1;;. The van der Waals surface area contributed by atoms with Gasteiger partial charge >= 0.3 is 6.16 Å². The summed E-state index contributed by atoms with van der Waals surface area (Å²) < 4.78 is 10.0. The first-order chi connectivity index (χ1) is 22.5. The predicted octanol–water partition coefficient (Wildman–Crippen LogP) is 10.5. The smallest absolute Gasteiger partial charge is 0.429 e. The Kier molecular flexibility index (Phi) is 26.4. The zero-order chi connectivity index (χ0) is 33.0. The Balaban J connectivity index is 0.000000943. The Labute approximate surface area is 339 Å². The Morgan fingerprint density at radius 1 is 0.735 bits per heavy atom. The van der Waals surface area contributed by atoms with Crippen LogP contribution in [0.5, 0.6) is 5.75 Å². The first-order valence-corrected chi connectivity index (χ1v) is 19.0. The second-order valence-electron chi connectivity index (χ2n) is 8.51. The quantitative estimate of drug-likeness (QED) is 0.0258. The molecule has 2 radical (unpaired) electrons. The van der Waals surface area contributed by atoms with Gasteiger partial charge in [-0.25, -0.2) is 14.8 Å². The van der Waals surface area contributed by atoms with E-state index in [0.29, 0.717) is 0 Å². The van der Waals surface area contributed by atoms with E-state index in [-0.39, 0.29) is 69.2 Å². The number of non-ortho nitro benzene ring substituents is 1. The molecule has 0 atom stereocenters. The van der Waals surface area contributed by atoms with Crippen LogP contribution in [0.15, 0.2) is 141 Å². The molecule has 0 unspecified atom stereocenters. The van der Waals surface area contributed by atoms with E-state index in [1.165, 1.54) is 24.3 Å². The molecule has 49 heavy (non-hydrogen) atoms. The summed E-state index contributed by atoms with van der Waals surface area (Å²) in [5.41, 5.74) is 1.67. The summed E-state index contributed by atoms with van der Waals surface area (Å²) in [5.74, 6) is 0.175. The van der Waals surface area contributed by atoms with Crippen LogP contribution in [0.3, 0.4) is 0 Å². The number of aliphatic hydroxyl groups is 1. The van der Waals surface area contributed by atoms with Crippen molar-refractivity contribution < 1.29 is 61.4 Å². The second kappa shape index (κ2) is 27.6. The van der Waals surface area contributed by atoms with Crippen molar-refractivity contribution >= 4 is 77.6 Å². The van der Waals surface area contributed by atoms with Gasteiger partial charge in [0.25, 0.3) is 5.69 Å². The zero-order valence-corrected chi connectivity index (χ0v) is 34.1. The molecule has 1 N–H and O–H groups in total. The molecular formula is C33H30IN3O6S4V2-2. The summed E-state index contributed by atoms with van der Waals surface area (Å²) in [6, 6.07) is 32.3. The maximum atomic E-state index is 11.7. The molecule has 0 fully saturated rings. The van der Waals surface area contributed by atoms with Gasteiger partial charge in [0.05, 0.1) is 11.5 Å². The summed E-state index contributed by atoms with van der Waals surface area (Å²) in [6.45, 7) is 0.155. The number of hydrogen-bond donors (Lipinski definition) is 1. The third-order valence-electron chi connectivity index (χ3n) is 5.36. The van der Waals surface area contributed by atoms with Crippen molar-refractivity contribution in [2.75, 3.05) is 0 Å². The molecule has 3 aromatic carbocycles. The molecule has 0 aliphatic heterocycles. The van der Waals surface area contributed by atoms with E-state index >= 15 is 0 Å². The molecule has 9 nitrogen and oxygen atoms in total. The fraction of sp³-hybridized carbons (Fsp3) is 0.0606. The molecule has 0 bridgehead atoms. The predicted molar refractivity (Wildman–Crippen MR) is 200 cm³/mol. The van der Waals surface area contributed by atoms with Crippen LogP contribution >= 0.6 is 65.8 Å². The zero-order valence-electron chi connectivity index (χ0n) is 25.9. The van der Waals surface area contributed by atoms with Gasteiger partial charge in [-0.05, 0) is 93.4 Å². The first kappa shape index (κ1) is 46.9. The monoisotopic (exact) mass is 921 g/mol. The number of hydrogen-bond acceptors (Lipinski definition) is 12. The van der Waals surface area contributed by atoms with Crippen LogP contribution in [0, 0.1) is 22.5 Å². The van der Waals surface area contributed by atoms with E-state index in [1.54, 1.807) is 55.6 Å². The van der Waals surface area contributed by atoms with Crippen molar-refractivity contribution in [3.05, 3.63) is 155 Å². The minimum atomic E-state index is -0.877. The maximum absolute atomic E-state index is 11.7. The van der Waals surface area contributed by atoms with Crippen molar-refractivity contribution in [2.24, 2.45) is 0 Å². The fourth-order valence-electron chi connectivity index (χ4n) is 3.17. The van der Waals surface area contributed by atoms with Gasteiger partial charge in [-0.1, -0.05) is 58.0 Å². The molecule has 256 valence electrons. The number of carbonyl (C=O) groups excluding carboxylic acids is 1. The van der Waals surface area contributed by atoms with Crippen LogP contribution in [0.25, 0.3) is 0 Å². The minimum absolute atomic E-state index is 0. The second-order valence-corrected chi connectivity index (χ2v) is 13.0. The van der Waals surface area contributed by atoms with E-state index in [0.717, 1.165) is 31.0 Å². The van der Waals surface area contributed by atoms with Crippen LogP contribution in [0.1, 0.15) is 11.1 Å². The molecule has 0 saturated heterocycles. The average molecular weight is 922 g/mol. The van der Waals surface area contributed by atoms with Crippen LogP contribution < -0.4 is 4.74 Å². The molecule has 2 aromatic heterocycles. The van der Waals surface area contributed by atoms with E-state index in [1.807, 2.05) is 108 Å². The third-order valence-corrected chi connectivity index (χ3v) is 9.96. The number of pyridine rings is 2. The van der Waals surface area contributed by atoms with Gasteiger partial charge in [-0.3, -0.25) is 15.0 Å². The van der Waals surface area contributed by atoms with Gasteiger partial charge in [0.1, 0.15) is 22.4 Å². The van der Waals surface area contributed by atoms with E-state index in [9.17, 15) is 14.9 Å². The molecule has 0 saturated carbocycles. The number of ether oxygens (including phenoxy) is 2. The molecular weight excluding hydrogens is 891 g/mol. The number of nitrogens with zero attached hydrogens (tertiary/aromatic N) is 3. The van der Waals surface area contributed by atoms with Crippen molar-refractivity contribution in [2.45, 2.75) is 33.1 Å². The molecule has 0 amide bonds. The normalized spacial score (nSPS) is 9.37. The van der Waals surface area contributed by atoms with Gasteiger partial charge in [0.2, 0.25) is 0 Å². The number of nitro groups is 1. The number of rotatable bonds is 11. The van der Waals surface area contributed by atoms with Crippen molar-refractivity contribution in [3.63, 3.8) is 0 Å². The Morgan fingerprint density at radius 3 is 1.61 bits per heavy atom. The molecule has 0 aliphatic rings. The summed E-state index contributed by atoms with van der Waals surface area (Å²) in [4.78, 5) is 35.7. The number of carbonyl (C=O) groups is 1. The van der Waals surface area contributed by atoms with Crippen LogP contribution in [-0.4, -0.2) is 26.2 Å². The van der Waals surface area contributed by atoms with Gasteiger partial charge < -0.3 is 44.6 Å². The van der Waals surface area contributed by atoms with Crippen molar-refractivity contribution in [1.29, 1.82) is 0 Å². The number of aromatic nitrogens is 2. The molecule has 0 spiro atoms. The fourth-order valence-corrected chi connectivity index (χ4v) is 6.85. The van der Waals surface area contributed by atoms with Crippen molar-refractivity contribution in [1.82, 2.24) is 9.97 Å². The number of nitro benzene ring substituents is 1. The van der Waals surface area contributed by atoms with E-state index in [4.69, 9.17) is 14.6 Å². The van der Waals surface area contributed by atoms with Gasteiger partial charge in [-0.2, -0.15) is 0 Å². The Bertz CT molecular complexity index is 1620. The van der Waals surface area contributed by atoms with Crippen molar-refractivity contribution in [3.8, 4) is 5.75 Å². The number of aliphatic hydroxyl groups excluding tert-OH is 1. The molecule has 16 heteroatoms. The summed E-state index contributed by atoms with van der Waals surface area (Å²) in [6.07, 6.45) is 2.66. The summed E-state index contributed by atoms with van der Waals surface area (Å²) in [7, 11) is 6.44. The Hall–Kier alpha value is -2.11. The topological polar surface area (TPSA) is 125 Å². The first-order valence-electron chi connectivity index (χ1n) is 13.1. The van der Waals surface area contributed by atoms with Gasteiger partial charge in [0.15, 0.2) is 0 Å². The Morgan fingerprint density at radius 2 is 1.20 bits per heavy atom. The number of halogens is 1. The third kappa shape index (κ3) is 18.6. The van der Waals surface area contributed by atoms with Crippen LogP contribution in [-0.2, 0) is 55.1 Å². The maximum Gasteiger partial charge on any atom is 0.514 e. The SMILES string of the molecule is O=C(OCc1ccc(SSc2ccccn2)cc1)Oc1ccc([N+](=O)[O-])cc1.OCc1ccc(SSc2ccccn2)cc1.[CH2-]I.[CH3-].[V].[V]. The summed E-state index contributed by atoms with van der Waals surface area (Å²) >= 11 is 1.90. The summed E-state index contributed by atoms with van der Waals surface area (Å²) in [5, 5.41) is 21.4. The number of benzene rings is 3. The van der Waals surface area contributed by atoms with Gasteiger partial charge in [0, 0.05) is 71.4 Å². The van der Waals surface area contributed by atoms with Crippen LogP contribution in [0.2, 0.25) is 0 Å². The molecule has 5 aromatic rings. The molecule has 2 heterocycles. The van der Waals surface area contributed by atoms with E-state index < -0.39 is 11.1 Å². The van der Waals surface area contributed by atoms with Crippen LogP contribution in [0.4, 0.5) is 10.5 Å². The average Bonchev–Trinajstić information content (AvgIpc) is 3.12.